The normalized spacial score (nSPS) is 15.5. The smallest absolute Gasteiger partial charge is 0.251 e. The van der Waals surface area contributed by atoms with Crippen LogP contribution < -0.4 is 20.1 Å². The van der Waals surface area contributed by atoms with E-state index in [1.165, 1.54) is 11.8 Å². The van der Waals surface area contributed by atoms with Gasteiger partial charge in [0.25, 0.3) is 5.91 Å². The molecule has 1 aliphatic rings. The first-order valence-electron chi connectivity index (χ1n) is 8.62. The van der Waals surface area contributed by atoms with E-state index in [0.717, 1.165) is 10.5 Å². The summed E-state index contributed by atoms with van der Waals surface area (Å²) in [6.07, 6.45) is 0.668. The zero-order valence-electron chi connectivity index (χ0n) is 15.5. The molecule has 1 atom stereocenters. The van der Waals surface area contributed by atoms with Crippen molar-refractivity contribution in [3.05, 3.63) is 47.5 Å². The van der Waals surface area contributed by atoms with Crippen molar-refractivity contribution in [3.8, 4) is 11.5 Å². The summed E-state index contributed by atoms with van der Waals surface area (Å²) in [5.74, 6) is 1.13. The number of hydrogen-bond donors (Lipinski definition) is 2. The van der Waals surface area contributed by atoms with Crippen LogP contribution in [0.15, 0.2) is 41.3 Å². The lowest BCUT2D eigenvalue weighted by Gasteiger charge is -2.21. The quantitative estimate of drug-likeness (QED) is 0.798. The van der Waals surface area contributed by atoms with Gasteiger partial charge in [0, 0.05) is 17.0 Å². The van der Waals surface area contributed by atoms with Crippen molar-refractivity contribution in [1.29, 1.82) is 0 Å². The molecular weight excluding hydrogens is 364 g/mol. The van der Waals surface area contributed by atoms with E-state index in [2.05, 4.69) is 10.6 Å². The molecule has 2 N–H and O–H groups in total. The van der Waals surface area contributed by atoms with E-state index < -0.39 is 0 Å². The van der Waals surface area contributed by atoms with E-state index in [0.29, 0.717) is 35.7 Å². The molecule has 0 unspecified atom stereocenters. The van der Waals surface area contributed by atoms with Crippen LogP contribution in [0.1, 0.15) is 22.8 Å². The van der Waals surface area contributed by atoms with E-state index in [1.54, 1.807) is 26.4 Å². The van der Waals surface area contributed by atoms with Crippen LogP contribution in [-0.2, 0) is 11.2 Å². The number of anilines is 1. The summed E-state index contributed by atoms with van der Waals surface area (Å²) < 4.78 is 10.5. The molecule has 1 heterocycles. The highest BCUT2D eigenvalue weighted by Crippen LogP contribution is 2.35. The van der Waals surface area contributed by atoms with Gasteiger partial charge in [-0.15, -0.1) is 11.8 Å². The van der Waals surface area contributed by atoms with Gasteiger partial charge >= 0.3 is 0 Å². The number of nitrogens with one attached hydrogen (secondary N) is 2. The Bertz CT molecular complexity index is 869. The van der Waals surface area contributed by atoms with Crippen LogP contribution in [0.2, 0.25) is 0 Å². The third-order valence-electron chi connectivity index (χ3n) is 4.32. The Labute approximate surface area is 162 Å². The van der Waals surface area contributed by atoms with Crippen molar-refractivity contribution >= 4 is 29.3 Å². The maximum atomic E-state index is 12.4. The molecule has 2 amide bonds. The van der Waals surface area contributed by atoms with Gasteiger partial charge < -0.3 is 20.1 Å². The van der Waals surface area contributed by atoms with Crippen LogP contribution in [0, 0.1) is 0 Å². The first kappa shape index (κ1) is 19.1. The average Bonchev–Trinajstić information content (AvgIpc) is 2.68. The van der Waals surface area contributed by atoms with Gasteiger partial charge in [-0.1, -0.05) is 6.07 Å². The second kappa shape index (κ2) is 8.35. The van der Waals surface area contributed by atoms with Crippen LogP contribution in [0.5, 0.6) is 11.5 Å². The summed E-state index contributed by atoms with van der Waals surface area (Å²) in [5.41, 5.74) is 2.25. The highest BCUT2D eigenvalue weighted by molar-refractivity contribution is 8.00. The van der Waals surface area contributed by atoms with Crippen LogP contribution in [0.4, 0.5) is 5.69 Å². The highest BCUT2D eigenvalue weighted by atomic mass is 32.2. The molecule has 2 aromatic carbocycles. The third-order valence-corrected chi connectivity index (χ3v) is 5.50. The molecule has 0 aromatic heterocycles. The SMILES string of the molecule is COc1ccc(CCNC(=O)c2ccc3c(c2)NC(=O)[C@@H](C)S3)cc1OC. The molecule has 0 bridgehead atoms. The fraction of sp³-hybridized carbons (Fsp3) is 0.300. The van der Waals surface area contributed by atoms with E-state index in [-0.39, 0.29) is 17.1 Å². The Morgan fingerprint density at radius 3 is 2.67 bits per heavy atom. The molecule has 27 heavy (non-hydrogen) atoms. The van der Waals surface area contributed by atoms with Crippen molar-refractivity contribution < 1.29 is 19.1 Å². The molecule has 142 valence electrons. The largest absolute Gasteiger partial charge is 0.493 e. The van der Waals surface area contributed by atoms with E-state index in [9.17, 15) is 9.59 Å². The van der Waals surface area contributed by atoms with Crippen molar-refractivity contribution in [2.75, 3.05) is 26.1 Å². The fourth-order valence-electron chi connectivity index (χ4n) is 2.81. The first-order valence-corrected chi connectivity index (χ1v) is 9.50. The van der Waals surface area contributed by atoms with Gasteiger partial charge in [0.05, 0.1) is 25.2 Å². The zero-order valence-corrected chi connectivity index (χ0v) is 16.3. The summed E-state index contributed by atoms with van der Waals surface area (Å²) in [5, 5.41) is 5.63. The summed E-state index contributed by atoms with van der Waals surface area (Å²) in [6, 6.07) is 11.1. The maximum absolute atomic E-state index is 12.4. The number of thioether (sulfide) groups is 1. The van der Waals surface area contributed by atoms with E-state index in [1.807, 2.05) is 31.2 Å². The molecule has 7 heteroatoms. The summed E-state index contributed by atoms with van der Waals surface area (Å²) in [6.45, 7) is 2.35. The molecular formula is C20H22N2O4S. The van der Waals surface area contributed by atoms with Crippen molar-refractivity contribution in [3.63, 3.8) is 0 Å². The van der Waals surface area contributed by atoms with Crippen LogP contribution in [0.3, 0.4) is 0 Å². The highest BCUT2D eigenvalue weighted by Gasteiger charge is 2.23. The van der Waals surface area contributed by atoms with Crippen LogP contribution in [0.25, 0.3) is 0 Å². The Balaban J connectivity index is 1.60. The molecule has 2 aromatic rings. The summed E-state index contributed by atoms with van der Waals surface area (Å²) in [4.78, 5) is 25.2. The van der Waals surface area contributed by atoms with Crippen molar-refractivity contribution in [1.82, 2.24) is 5.32 Å². The predicted octanol–water partition coefficient (Wildman–Crippen LogP) is 3.11. The van der Waals surface area contributed by atoms with Gasteiger partial charge in [-0.2, -0.15) is 0 Å². The van der Waals surface area contributed by atoms with Gasteiger partial charge in [0.1, 0.15) is 0 Å². The lowest BCUT2D eigenvalue weighted by molar-refractivity contribution is -0.115. The standard InChI is InChI=1S/C20H22N2O4S/c1-12-19(23)22-15-11-14(5-7-18(15)27-12)20(24)21-9-8-13-4-6-16(25-2)17(10-13)26-3/h4-7,10-12H,8-9H2,1-3H3,(H,21,24)(H,22,23)/t12-/m1/s1. The van der Waals surface area contributed by atoms with E-state index in [4.69, 9.17) is 9.47 Å². The second-order valence-electron chi connectivity index (χ2n) is 6.16. The lowest BCUT2D eigenvalue weighted by Crippen LogP contribution is -2.28. The van der Waals surface area contributed by atoms with Gasteiger partial charge in [0.15, 0.2) is 11.5 Å². The molecule has 0 spiro atoms. The molecule has 1 aliphatic heterocycles. The van der Waals surface area contributed by atoms with E-state index >= 15 is 0 Å². The lowest BCUT2D eigenvalue weighted by atomic mass is 10.1. The number of methoxy groups -OCH3 is 2. The monoisotopic (exact) mass is 386 g/mol. The Hall–Kier alpha value is -2.67. The third kappa shape index (κ3) is 4.36. The average molecular weight is 386 g/mol. The molecule has 3 rings (SSSR count). The minimum absolute atomic E-state index is 0.0430. The van der Waals surface area contributed by atoms with Gasteiger partial charge in [-0.25, -0.2) is 0 Å². The van der Waals surface area contributed by atoms with Crippen molar-refractivity contribution in [2.24, 2.45) is 0 Å². The fourth-order valence-corrected chi connectivity index (χ4v) is 3.74. The summed E-state index contributed by atoms with van der Waals surface area (Å²) >= 11 is 1.50. The number of hydrogen-bond acceptors (Lipinski definition) is 5. The van der Waals surface area contributed by atoms with Gasteiger partial charge in [-0.3, -0.25) is 9.59 Å². The predicted molar refractivity (Wildman–Crippen MR) is 106 cm³/mol. The Kier molecular flexibility index (Phi) is 5.91. The number of amides is 2. The summed E-state index contributed by atoms with van der Waals surface area (Å²) in [7, 11) is 3.19. The molecule has 0 saturated carbocycles. The molecule has 0 saturated heterocycles. The minimum Gasteiger partial charge on any atom is -0.493 e. The van der Waals surface area contributed by atoms with Crippen molar-refractivity contribution in [2.45, 2.75) is 23.5 Å². The number of carbonyl (C=O) groups is 2. The second-order valence-corrected chi connectivity index (χ2v) is 7.54. The zero-order chi connectivity index (χ0) is 19.4. The minimum atomic E-state index is -0.170. The molecule has 0 fully saturated rings. The number of fused-ring (bicyclic) bond motifs is 1. The number of ether oxygens (including phenoxy) is 2. The van der Waals surface area contributed by atoms with Crippen LogP contribution >= 0.6 is 11.8 Å². The number of benzene rings is 2. The topological polar surface area (TPSA) is 76.7 Å². The number of carbonyl (C=O) groups excluding carboxylic acids is 2. The number of rotatable bonds is 6. The van der Waals surface area contributed by atoms with Gasteiger partial charge in [-0.05, 0) is 49.2 Å². The molecule has 6 nitrogen and oxygen atoms in total. The first-order chi connectivity index (χ1) is 13.0. The Morgan fingerprint density at radius 1 is 1.15 bits per heavy atom. The van der Waals surface area contributed by atoms with Crippen LogP contribution in [-0.4, -0.2) is 37.8 Å². The molecule has 0 radical (unpaired) electrons. The Morgan fingerprint density at radius 2 is 1.93 bits per heavy atom. The molecule has 0 aliphatic carbocycles. The maximum Gasteiger partial charge on any atom is 0.251 e. The van der Waals surface area contributed by atoms with Gasteiger partial charge in [0.2, 0.25) is 5.91 Å².